The van der Waals surface area contributed by atoms with E-state index in [-0.39, 0.29) is 17.4 Å². The van der Waals surface area contributed by atoms with Crippen LogP contribution in [0.1, 0.15) is 16.7 Å². The molecule has 0 bridgehead atoms. The van der Waals surface area contributed by atoms with Crippen molar-refractivity contribution in [2.75, 3.05) is 7.11 Å². The summed E-state index contributed by atoms with van der Waals surface area (Å²) in [5.74, 6) is 0.810. The Hall–Kier alpha value is -2.14. The standard InChI is InChI=1S/C16H16FNO2S/c1-10-3-6-14(15(7-10)19-2)20-9-12-8-11(16(18)21)4-5-13(12)17/h3-8H,9H2,1-2H3,(H2,18,21). The molecule has 0 spiro atoms. The molecule has 0 fully saturated rings. The van der Waals surface area contributed by atoms with Gasteiger partial charge in [-0.15, -0.1) is 0 Å². The minimum absolute atomic E-state index is 0.0711. The molecule has 2 N–H and O–H groups in total. The van der Waals surface area contributed by atoms with Gasteiger partial charge in [0.1, 0.15) is 17.4 Å². The molecule has 0 heterocycles. The number of hydrogen-bond acceptors (Lipinski definition) is 3. The van der Waals surface area contributed by atoms with Crippen LogP contribution in [-0.4, -0.2) is 12.1 Å². The lowest BCUT2D eigenvalue weighted by Gasteiger charge is -2.12. The van der Waals surface area contributed by atoms with Crippen molar-refractivity contribution in [2.45, 2.75) is 13.5 Å². The molecule has 0 saturated carbocycles. The second kappa shape index (κ2) is 6.54. The zero-order valence-corrected chi connectivity index (χ0v) is 12.7. The largest absolute Gasteiger partial charge is 0.493 e. The van der Waals surface area contributed by atoms with Crippen molar-refractivity contribution in [3.05, 3.63) is 58.9 Å². The second-order valence-corrected chi connectivity index (χ2v) is 5.05. The van der Waals surface area contributed by atoms with Crippen molar-refractivity contribution < 1.29 is 13.9 Å². The lowest BCUT2D eigenvalue weighted by Crippen LogP contribution is -2.11. The van der Waals surface area contributed by atoms with Crippen LogP contribution in [0.4, 0.5) is 4.39 Å². The van der Waals surface area contributed by atoms with Crippen LogP contribution in [0.2, 0.25) is 0 Å². The molecule has 0 aliphatic rings. The molecule has 0 saturated heterocycles. The van der Waals surface area contributed by atoms with Gasteiger partial charge < -0.3 is 15.2 Å². The van der Waals surface area contributed by atoms with Gasteiger partial charge in [0.05, 0.1) is 7.11 Å². The number of thiocarbonyl (C=S) groups is 1. The van der Waals surface area contributed by atoms with Gasteiger partial charge in [-0.1, -0.05) is 18.3 Å². The summed E-state index contributed by atoms with van der Waals surface area (Å²) in [6.07, 6.45) is 0. The minimum Gasteiger partial charge on any atom is -0.493 e. The minimum atomic E-state index is -0.360. The smallest absolute Gasteiger partial charge is 0.161 e. The van der Waals surface area contributed by atoms with Gasteiger partial charge >= 0.3 is 0 Å². The molecule has 21 heavy (non-hydrogen) atoms. The van der Waals surface area contributed by atoms with Crippen LogP contribution in [0, 0.1) is 12.7 Å². The summed E-state index contributed by atoms with van der Waals surface area (Å²) >= 11 is 4.89. The van der Waals surface area contributed by atoms with Gasteiger partial charge in [-0.25, -0.2) is 4.39 Å². The number of halogens is 1. The Bertz CT molecular complexity index is 673. The summed E-state index contributed by atoms with van der Waals surface area (Å²) in [6, 6.07) is 10.0. The Morgan fingerprint density at radius 3 is 2.62 bits per heavy atom. The first-order chi connectivity index (χ1) is 10.0. The van der Waals surface area contributed by atoms with E-state index in [0.717, 1.165) is 5.56 Å². The number of aryl methyl sites for hydroxylation is 1. The van der Waals surface area contributed by atoms with Crippen LogP contribution in [0.5, 0.6) is 11.5 Å². The van der Waals surface area contributed by atoms with E-state index in [1.807, 2.05) is 19.1 Å². The molecule has 0 radical (unpaired) electrons. The fraction of sp³-hybridized carbons (Fsp3) is 0.188. The fourth-order valence-electron chi connectivity index (χ4n) is 1.89. The summed E-state index contributed by atoms with van der Waals surface area (Å²) < 4.78 is 24.7. The Balaban J connectivity index is 2.20. The number of nitrogens with two attached hydrogens (primary N) is 1. The highest BCUT2D eigenvalue weighted by Gasteiger charge is 2.09. The predicted molar refractivity (Wildman–Crippen MR) is 84.4 cm³/mol. The van der Waals surface area contributed by atoms with E-state index < -0.39 is 0 Å². The highest BCUT2D eigenvalue weighted by molar-refractivity contribution is 7.80. The Morgan fingerprint density at radius 1 is 1.19 bits per heavy atom. The van der Waals surface area contributed by atoms with Gasteiger partial charge in [-0.3, -0.25) is 0 Å². The monoisotopic (exact) mass is 305 g/mol. The molecule has 2 aromatic rings. The number of hydrogen-bond donors (Lipinski definition) is 1. The van der Waals surface area contributed by atoms with Crippen LogP contribution < -0.4 is 15.2 Å². The first-order valence-electron chi connectivity index (χ1n) is 6.37. The van der Waals surface area contributed by atoms with E-state index in [9.17, 15) is 4.39 Å². The molecule has 110 valence electrons. The maximum Gasteiger partial charge on any atom is 0.161 e. The Labute approximate surface area is 128 Å². The average Bonchev–Trinajstić information content (AvgIpc) is 2.47. The number of methoxy groups -OCH3 is 1. The van der Waals surface area contributed by atoms with Crippen LogP contribution in [-0.2, 0) is 6.61 Å². The van der Waals surface area contributed by atoms with E-state index in [2.05, 4.69) is 0 Å². The van der Waals surface area contributed by atoms with Crippen LogP contribution in [0.25, 0.3) is 0 Å². The average molecular weight is 305 g/mol. The fourth-order valence-corrected chi connectivity index (χ4v) is 2.02. The van der Waals surface area contributed by atoms with Gasteiger partial charge in [0.2, 0.25) is 0 Å². The highest BCUT2D eigenvalue weighted by atomic mass is 32.1. The van der Waals surface area contributed by atoms with Crippen molar-refractivity contribution in [3.8, 4) is 11.5 Å². The van der Waals surface area contributed by atoms with Crippen LogP contribution in [0.3, 0.4) is 0 Å². The molecule has 0 amide bonds. The molecule has 0 atom stereocenters. The molecule has 0 aliphatic carbocycles. The molecular formula is C16H16FNO2S. The van der Waals surface area contributed by atoms with Gasteiger partial charge in [0.15, 0.2) is 11.5 Å². The van der Waals surface area contributed by atoms with Gasteiger partial charge in [-0.05, 0) is 42.8 Å². The van der Waals surface area contributed by atoms with Gasteiger partial charge in [-0.2, -0.15) is 0 Å². The third kappa shape index (κ3) is 3.70. The maximum absolute atomic E-state index is 13.8. The molecule has 0 aliphatic heterocycles. The molecule has 2 rings (SSSR count). The zero-order chi connectivity index (χ0) is 15.4. The Morgan fingerprint density at radius 2 is 1.95 bits per heavy atom. The molecule has 3 nitrogen and oxygen atoms in total. The van der Waals surface area contributed by atoms with E-state index in [0.29, 0.717) is 22.6 Å². The second-order valence-electron chi connectivity index (χ2n) is 4.61. The normalized spacial score (nSPS) is 10.2. The SMILES string of the molecule is COc1cc(C)ccc1OCc1cc(C(N)=S)ccc1F. The Kier molecular flexibility index (Phi) is 4.75. The summed E-state index contributed by atoms with van der Waals surface area (Å²) in [5, 5.41) is 0. The number of benzene rings is 2. The van der Waals surface area contributed by atoms with Crippen molar-refractivity contribution in [2.24, 2.45) is 5.73 Å². The van der Waals surface area contributed by atoms with E-state index >= 15 is 0 Å². The summed E-state index contributed by atoms with van der Waals surface area (Å²) in [5.41, 5.74) is 7.61. The van der Waals surface area contributed by atoms with Crippen molar-refractivity contribution in [1.29, 1.82) is 0 Å². The van der Waals surface area contributed by atoms with E-state index in [4.69, 9.17) is 27.4 Å². The summed E-state index contributed by atoms with van der Waals surface area (Å²) in [6.45, 7) is 2.03. The lowest BCUT2D eigenvalue weighted by molar-refractivity contribution is 0.279. The van der Waals surface area contributed by atoms with Gasteiger partial charge in [0.25, 0.3) is 0 Å². The van der Waals surface area contributed by atoms with E-state index in [1.165, 1.54) is 6.07 Å². The van der Waals surface area contributed by atoms with Crippen molar-refractivity contribution in [3.63, 3.8) is 0 Å². The highest BCUT2D eigenvalue weighted by Crippen LogP contribution is 2.28. The maximum atomic E-state index is 13.8. The summed E-state index contributed by atoms with van der Waals surface area (Å²) in [4.78, 5) is 0.226. The topological polar surface area (TPSA) is 44.5 Å². The van der Waals surface area contributed by atoms with E-state index in [1.54, 1.807) is 25.3 Å². The quantitative estimate of drug-likeness (QED) is 0.860. The molecule has 2 aromatic carbocycles. The number of ether oxygens (including phenoxy) is 2. The molecule has 0 aromatic heterocycles. The third-order valence-corrected chi connectivity index (χ3v) is 3.27. The van der Waals surface area contributed by atoms with Crippen LogP contribution >= 0.6 is 12.2 Å². The van der Waals surface area contributed by atoms with Gasteiger partial charge in [0, 0.05) is 11.1 Å². The lowest BCUT2D eigenvalue weighted by atomic mass is 10.1. The van der Waals surface area contributed by atoms with Crippen molar-refractivity contribution in [1.82, 2.24) is 0 Å². The third-order valence-electron chi connectivity index (χ3n) is 3.03. The zero-order valence-electron chi connectivity index (χ0n) is 11.9. The molecule has 5 heteroatoms. The predicted octanol–water partition coefficient (Wildman–Crippen LogP) is 3.36. The number of rotatable bonds is 5. The first kappa shape index (κ1) is 15.3. The summed E-state index contributed by atoms with van der Waals surface area (Å²) in [7, 11) is 1.57. The van der Waals surface area contributed by atoms with Crippen LogP contribution in [0.15, 0.2) is 36.4 Å². The molecular weight excluding hydrogens is 289 g/mol. The van der Waals surface area contributed by atoms with Crippen molar-refractivity contribution >= 4 is 17.2 Å². The first-order valence-corrected chi connectivity index (χ1v) is 6.77. The molecule has 0 unspecified atom stereocenters.